The van der Waals surface area contributed by atoms with Gasteiger partial charge < -0.3 is 19.8 Å². The van der Waals surface area contributed by atoms with Crippen molar-refractivity contribution in [2.24, 2.45) is 0 Å². The number of likely N-dealkylation sites (tertiary alicyclic amines) is 1. The van der Waals surface area contributed by atoms with Crippen LogP contribution in [0.2, 0.25) is 10.0 Å². The van der Waals surface area contributed by atoms with E-state index in [0.29, 0.717) is 48.0 Å². The monoisotopic (exact) mass is 528 g/mol. The van der Waals surface area contributed by atoms with Gasteiger partial charge in [-0.15, -0.1) is 6.58 Å². The zero-order valence-corrected chi connectivity index (χ0v) is 21.7. The highest BCUT2D eigenvalue weighted by Gasteiger charge is 2.73. The van der Waals surface area contributed by atoms with Gasteiger partial charge in [0.1, 0.15) is 6.10 Å². The molecule has 1 saturated heterocycles. The van der Waals surface area contributed by atoms with Gasteiger partial charge in [0.25, 0.3) is 0 Å². The molecule has 2 aromatic rings. The topological polar surface area (TPSA) is 73.2 Å². The first-order valence-corrected chi connectivity index (χ1v) is 13.3. The number of benzene rings is 2. The molecular formula is C28H30Cl2N2O4. The summed E-state index contributed by atoms with van der Waals surface area (Å²) in [4.78, 5) is 17.5. The number of rotatable bonds is 5. The summed E-state index contributed by atoms with van der Waals surface area (Å²) in [6, 6.07) is 8.57. The summed E-state index contributed by atoms with van der Waals surface area (Å²) in [6.07, 6.45) is 4.17. The average molecular weight is 529 g/mol. The Balaban J connectivity index is 1.38. The molecule has 190 valence electrons. The number of phenolic OH excluding ortho intramolecular Hbond substituents is 1. The van der Waals surface area contributed by atoms with Crippen LogP contribution in [0.1, 0.15) is 36.0 Å². The van der Waals surface area contributed by atoms with Gasteiger partial charge in [-0.05, 0) is 61.6 Å². The van der Waals surface area contributed by atoms with Crippen molar-refractivity contribution < 1.29 is 19.7 Å². The van der Waals surface area contributed by atoms with E-state index in [1.54, 1.807) is 23.1 Å². The number of carbonyl (C=O) groups excluding carboxylic acids is 1. The minimum Gasteiger partial charge on any atom is -0.504 e. The van der Waals surface area contributed by atoms with Crippen LogP contribution in [0.25, 0.3) is 0 Å². The largest absolute Gasteiger partial charge is 0.504 e. The fourth-order valence-electron chi connectivity index (χ4n) is 7.52. The second-order valence-corrected chi connectivity index (χ2v) is 11.5. The van der Waals surface area contributed by atoms with Crippen molar-refractivity contribution in [2.75, 3.05) is 20.1 Å². The minimum atomic E-state index is -1.02. The first kappa shape index (κ1) is 24.1. The number of phenols is 1. The van der Waals surface area contributed by atoms with Gasteiger partial charge >= 0.3 is 0 Å². The third-order valence-corrected chi connectivity index (χ3v) is 9.87. The maximum Gasteiger partial charge on any atom is 0.227 e. The number of hydrogen-bond donors (Lipinski definition) is 2. The number of hydrogen-bond acceptors (Lipinski definition) is 5. The van der Waals surface area contributed by atoms with E-state index >= 15 is 0 Å². The van der Waals surface area contributed by atoms with Crippen molar-refractivity contribution in [3.63, 3.8) is 0 Å². The van der Waals surface area contributed by atoms with Crippen molar-refractivity contribution >= 4 is 29.1 Å². The molecule has 1 spiro atoms. The van der Waals surface area contributed by atoms with E-state index in [-0.39, 0.29) is 30.2 Å². The number of aromatic hydroxyl groups is 1. The maximum absolute atomic E-state index is 13.4. The van der Waals surface area contributed by atoms with E-state index in [1.807, 2.05) is 25.3 Å². The maximum atomic E-state index is 13.4. The number of amides is 1. The Labute approximate surface area is 221 Å². The molecule has 2 bridgehead atoms. The molecule has 5 atom stereocenters. The summed E-state index contributed by atoms with van der Waals surface area (Å²) < 4.78 is 6.56. The molecule has 6 nitrogen and oxygen atoms in total. The van der Waals surface area contributed by atoms with Crippen LogP contribution in [-0.4, -0.2) is 69.8 Å². The number of aliphatic hydroxyl groups is 1. The molecule has 36 heavy (non-hydrogen) atoms. The molecule has 6 rings (SSSR count). The van der Waals surface area contributed by atoms with Crippen LogP contribution in [0.4, 0.5) is 0 Å². The van der Waals surface area contributed by atoms with Crippen LogP contribution < -0.4 is 4.74 Å². The smallest absolute Gasteiger partial charge is 0.227 e. The highest BCUT2D eigenvalue weighted by atomic mass is 35.5. The number of piperidine rings is 1. The molecule has 8 heteroatoms. The third-order valence-electron chi connectivity index (χ3n) is 9.14. The summed E-state index contributed by atoms with van der Waals surface area (Å²) >= 11 is 12.2. The molecular weight excluding hydrogens is 499 g/mol. The van der Waals surface area contributed by atoms with E-state index in [1.165, 1.54) is 0 Å². The Hall–Kier alpha value is -2.25. The van der Waals surface area contributed by atoms with Crippen LogP contribution in [-0.2, 0) is 23.1 Å². The lowest BCUT2D eigenvalue weighted by Crippen LogP contribution is -2.78. The molecule has 4 aliphatic rings. The Kier molecular flexibility index (Phi) is 5.61. The first-order chi connectivity index (χ1) is 17.2. The number of ether oxygens (including phenoxy) is 1. The zero-order chi connectivity index (χ0) is 25.4. The second-order valence-electron chi connectivity index (χ2n) is 10.7. The van der Waals surface area contributed by atoms with E-state index in [2.05, 4.69) is 11.5 Å². The molecule has 2 aliphatic carbocycles. The fourth-order valence-corrected chi connectivity index (χ4v) is 7.84. The van der Waals surface area contributed by atoms with Gasteiger partial charge in [0.2, 0.25) is 5.91 Å². The van der Waals surface area contributed by atoms with Crippen LogP contribution in [0.15, 0.2) is 43.0 Å². The first-order valence-electron chi connectivity index (χ1n) is 12.5. The van der Waals surface area contributed by atoms with Crippen molar-refractivity contribution in [3.05, 3.63) is 69.7 Å². The van der Waals surface area contributed by atoms with Crippen LogP contribution in [0, 0.1) is 0 Å². The van der Waals surface area contributed by atoms with Crippen LogP contribution in [0.5, 0.6) is 11.5 Å². The Morgan fingerprint density at radius 2 is 2.08 bits per heavy atom. The lowest BCUT2D eigenvalue weighted by Gasteiger charge is -2.64. The molecule has 0 aromatic heterocycles. The predicted octanol–water partition coefficient (Wildman–Crippen LogP) is 4.11. The van der Waals surface area contributed by atoms with Gasteiger partial charge in [0.15, 0.2) is 11.5 Å². The average Bonchev–Trinajstić information content (AvgIpc) is 3.20. The van der Waals surface area contributed by atoms with Crippen molar-refractivity contribution in [3.8, 4) is 11.5 Å². The third kappa shape index (κ3) is 3.14. The molecule has 0 radical (unpaired) electrons. The number of carbonyl (C=O) groups is 1. The summed E-state index contributed by atoms with van der Waals surface area (Å²) in [7, 11) is 1.81. The molecule has 2 unspecified atom stereocenters. The van der Waals surface area contributed by atoms with E-state index in [4.69, 9.17) is 27.9 Å². The van der Waals surface area contributed by atoms with Gasteiger partial charge in [0.05, 0.1) is 33.5 Å². The lowest BCUT2D eigenvalue weighted by molar-refractivity contribution is -0.198. The van der Waals surface area contributed by atoms with Crippen LogP contribution in [0.3, 0.4) is 0 Å². The summed E-state index contributed by atoms with van der Waals surface area (Å²) in [5.41, 5.74) is 1.14. The van der Waals surface area contributed by atoms with Gasteiger partial charge in [-0.1, -0.05) is 41.4 Å². The SMILES string of the molecule is C=CCN1CC[C@]23c4c5ccc(O)c4OC2C(N(C)C(=O)Cc2ccc(Cl)c(Cl)c2)CC[C@@]3(O)[C@H]1C5. The fraction of sp³-hybridized carbons (Fsp3) is 0.464. The lowest BCUT2D eigenvalue weighted by atomic mass is 9.48. The van der Waals surface area contributed by atoms with E-state index in [9.17, 15) is 15.0 Å². The van der Waals surface area contributed by atoms with Crippen LogP contribution >= 0.6 is 23.2 Å². The molecule has 2 aromatic carbocycles. The molecule has 1 saturated carbocycles. The standard InChI is InChI=1S/C28H30Cl2N2O4/c1-3-11-32-12-10-27-24-17-5-7-21(33)25(24)36-26(27)20(8-9-28(27,35)22(32)15-17)31(2)23(34)14-16-4-6-18(29)19(30)13-16/h3-7,13,20,22,26,33,35H,1,8-12,14-15H2,2H3/t20?,22-,26?,27+,28-/m1/s1. The highest BCUT2D eigenvalue weighted by molar-refractivity contribution is 6.42. The minimum absolute atomic E-state index is 0.0549. The molecule has 2 N–H and O–H groups in total. The highest BCUT2D eigenvalue weighted by Crippen LogP contribution is 2.65. The normalized spacial score (nSPS) is 31.9. The number of nitrogens with zero attached hydrogens (tertiary/aromatic N) is 2. The van der Waals surface area contributed by atoms with Crippen molar-refractivity contribution in [2.45, 2.75) is 61.3 Å². The Morgan fingerprint density at radius 1 is 1.28 bits per heavy atom. The molecule has 1 amide bonds. The van der Waals surface area contributed by atoms with Gasteiger partial charge in [-0.2, -0.15) is 0 Å². The van der Waals surface area contributed by atoms with Gasteiger partial charge in [-0.3, -0.25) is 9.69 Å². The summed E-state index contributed by atoms with van der Waals surface area (Å²) in [6.45, 7) is 5.43. The Bertz CT molecular complexity index is 1270. The summed E-state index contributed by atoms with van der Waals surface area (Å²) in [5.74, 6) is 0.514. The Morgan fingerprint density at radius 3 is 2.83 bits per heavy atom. The van der Waals surface area contributed by atoms with Gasteiger partial charge in [0, 0.05) is 25.2 Å². The van der Waals surface area contributed by atoms with Crippen molar-refractivity contribution in [1.29, 1.82) is 0 Å². The molecule has 2 aliphatic heterocycles. The van der Waals surface area contributed by atoms with Crippen molar-refractivity contribution in [1.82, 2.24) is 9.80 Å². The molecule has 2 fully saturated rings. The zero-order valence-electron chi connectivity index (χ0n) is 20.2. The number of likely N-dealkylation sites (N-methyl/N-ethyl adjacent to an activating group) is 1. The number of halogens is 2. The quantitative estimate of drug-likeness (QED) is 0.571. The predicted molar refractivity (Wildman–Crippen MR) is 139 cm³/mol. The van der Waals surface area contributed by atoms with E-state index < -0.39 is 17.1 Å². The molecule has 2 heterocycles. The second kappa shape index (κ2) is 8.38. The summed E-state index contributed by atoms with van der Waals surface area (Å²) in [5, 5.41) is 24.1. The van der Waals surface area contributed by atoms with Gasteiger partial charge in [-0.25, -0.2) is 0 Å². The van der Waals surface area contributed by atoms with E-state index in [0.717, 1.165) is 23.2 Å².